The second-order valence-electron chi connectivity index (χ2n) is 6.31. The Hall–Kier alpha value is -2.82. The van der Waals surface area contributed by atoms with Gasteiger partial charge in [0, 0.05) is 5.39 Å². The van der Waals surface area contributed by atoms with Crippen molar-refractivity contribution in [2.75, 3.05) is 0 Å². The maximum atomic E-state index is 13.3. The number of hydrogen-bond donors (Lipinski definition) is 0. The van der Waals surface area contributed by atoms with Crippen LogP contribution in [0, 0.1) is 0 Å². The fourth-order valence-corrected chi connectivity index (χ4v) is 3.24. The summed E-state index contributed by atoms with van der Waals surface area (Å²) in [6, 6.07) is 15.5. The summed E-state index contributed by atoms with van der Waals surface area (Å²) in [5.41, 5.74) is 1.89. The molecule has 0 unspecified atom stereocenters. The second kappa shape index (κ2) is 7.82. The topological polar surface area (TPSA) is 22.0 Å². The van der Waals surface area contributed by atoms with Crippen molar-refractivity contribution in [2.24, 2.45) is 0 Å². The highest BCUT2D eigenvalue weighted by Crippen LogP contribution is 2.36. The lowest BCUT2D eigenvalue weighted by Crippen LogP contribution is -2.29. The molecule has 0 N–H and O–H groups in total. The SMILES string of the molecule is CCC/C=C/Cc1c(-c2ccccc2)n(C(=O)C(F)(F)F)c2ccccc12. The van der Waals surface area contributed by atoms with Crippen molar-refractivity contribution in [2.45, 2.75) is 32.4 Å². The van der Waals surface area contributed by atoms with Gasteiger partial charge in [0.25, 0.3) is 0 Å². The molecule has 3 rings (SSSR count). The van der Waals surface area contributed by atoms with Gasteiger partial charge in [0.05, 0.1) is 11.2 Å². The van der Waals surface area contributed by atoms with Crippen LogP contribution >= 0.6 is 0 Å². The molecule has 2 nitrogen and oxygen atoms in total. The molecule has 0 saturated heterocycles. The first-order valence-electron chi connectivity index (χ1n) is 8.89. The molecule has 0 atom stereocenters. The number of allylic oxidation sites excluding steroid dienone is 2. The average Bonchev–Trinajstić information content (AvgIpc) is 2.99. The van der Waals surface area contributed by atoms with Crippen molar-refractivity contribution >= 4 is 16.8 Å². The Labute approximate surface area is 155 Å². The van der Waals surface area contributed by atoms with Gasteiger partial charge in [-0.15, -0.1) is 0 Å². The first kappa shape index (κ1) is 19.0. The monoisotopic (exact) mass is 371 g/mol. The lowest BCUT2D eigenvalue weighted by Gasteiger charge is -2.13. The van der Waals surface area contributed by atoms with Gasteiger partial charge in [-0.25, -0.2) is 0 Å². The van der Waals surface area contributed by atoms with Crippen LogP contribution < -0.4 is 0 Å². The number of para-hydroxylation sites is 1. The summed E-state index contributed by atoms with van der Waals surface area (Å²) >= 11 is 0. The van der Waals surface area contributed by atoms with E-state index in [1.165, 1.54) is 0 Å². The Morgan fingerprint density at radius 3 is 2.33 bits per heavy atom. The van der Waals surface area contributed by atoms with E-state index in [4.69, 9.17) is 0 Å². The number of hydrogen-bond acceptors (Lipinski definition) is 1. The first-order chi connectivity index (χ1) is 12.9. The number of fused-ring (bicyclic) bond motifs is 1. The standard InChI is InChI=1S/C22H20F3NO/c1-2-3-4-8-14-18-17-13-9-10-15-19(17)26(21(27)22(23,24)25)20(18)16-11-6-5-7-12-16/h4-13,15H,2-3,14H2,1H3/b8-4+. The Morgan fingerprint density at radius 1 is 1.00 bits per heavy atom. The number of benzene rings is 2. The minimum atomic E-state index is -4.96. The number of alkyl halides is 3. The maximum Gasteiger partial charge on any atom is 0.472 e. The second-order valence-corrected chi connectivity index (χ2v) is 6.31. The molecule has 0 fully saturated rings. The van der Waals surface area contributed by atoms with E-state index in [1.807, 2.05) is 12.2 Å². The Balaban J connectivity index is 2.30. The smallest absolute Gasteiger partial charge is 0.272 e. The van der Waals surface area contributed by atoms with E-state index >= 15 is 0 Å². The number of aromatic nitrogens is 1. The van der Waals surface area contributed by atoms with Crippen LogP contribution in [0.3, 0.4) is 0 Å². The van der Waals surface area contributed by atoms with Gasteiger partial charge in [0.15, 0.2) is 0 Å². The van der Waals surface area contributed by atoms with Gasteiger partial charge in [-0.2, -0.15) is 13.2 Å². The molecule has 0 bridgehead atoms. The zero-order chi connectivity index (χ0) is 19.4. The van der Waals surface area contributed by atoms with Crippen molar-refractivity contribution in [1.82, 2.24) is 4.57 Å². The zero-order valence-corrected chi connectivity index (χ0v) is 15.0. The van der Waals surface area contributed by atoms with Gasteiger partial charge >= 0.3 is 12.1 Å². The highest BCUT2D eigenvalue weighted by atomic mass is 19.4. The molecule has 140 valence electrons. The minimum absolute atomic E-state index is 0.276. The van der Waals surface area contributed by atoms with E-state index in [0.717, 1.165) is 23.0 Å². The molecule has 0 aliphatic rings. The number of nitrogens with zero attached hydrogens (tertiary/aromatic N) is 1. The van der Waals surface area contributed by atoms with Gasteiger partial charge in [0.2, 0.25) is 0 Å². The molecule has 0 aliphatic carbocycles. The molecule has 3 aromatic rings. The first-order valence-corrected chi connectivity index (χ1v) is 8.89. The van der Waals surface area contributed by atoms with E-state index in [9.17, 15) is 18.0 Å². The van der Waals surface area contributed by atoms with E-state index in [2.05, 4.69) is 6.92 Å². The largest absolute Gasteiger partial charge is 0.472 e. The van der Waals surface area contributed by atoms with Crippen LogP contribution in [0.5, 0.6) is 0 Å². The third-order valence-electron chi connectivity index (χ3n) is 4.42. The van der Waals surface area contributed by atoms with Crippen molar-refractivity contribution in [1.29, 1.82) is 0 Å². The highest BCUT2D eigenvalue weighted by Gasteiger charge is 2.42. The van der Waals surface area contributed by atoms with Gasteiger partial charge in [-0.05, 0) is 30.0 Å². The predicted octanol–water partition coefficient (Wildman–Crippen LogP) is 6.41. The number of carbonyl (C=O) groups is 1. The van der Waals surface area contributed by atoms with E-state index in [1.54, 1.807) is 54.6 Å². The molecule has 5 heteroatoms. The van der Waals surface area contributed by atoms with Crippen LogP contribution in [-0.4, -0.2) is 16.7 Å². The van der Waals surface area contributed by atoms with E-state index in [0.29, 0.717) is 23.1 Å². The van der Waals surface area contributed by atoms with Crippen LogP contribution in [-0.2, 0) is 6.42 Å². The molecule has 1 aromatic heterocycles. The minimum Gasteiger partial charge on any atom is -0.272 e. The summed E-state index contributed by atoms with van der Waals surface area (Å²) in [5.74, 6) is -1.87. The Morgan fingerprint density at radius 2 is 1.67 bits per heavy atom. The van der Waals surface area contributed by atoms with Crippen LogP contribution in [0.2, 0.25) is 0 Å². The molecular weight excluding hydrogens is 351 g/mol. The lowest BCUT2D eigenvalue weighted by atomic mass is 10.0. The van der Waals surface area contributed by atoms with E-state index < -0.39 is 12.1 Å². The quantitative estimate of drug-likeness (QED) is 0.475. The zero-order valence-electron chi connectivity index (χ0n) is 15.0. The maximum absolute atomic E-state index is 13.3. The summed E-state index contributed by atoms with van der Waals surface area (Å²) in [6.45, 7) is 2.06. The molecule has 0 saturated carbocycles. The molecule has 2 aromatic carbocycles. The number of carbonyl (C=O) groups excluding carboxylic acids is 1. The third kappa shape index (κ3) is 3.82. The molecule has 0 spiro atoms. The highest BCUT2D eigenvalue weighted by molar-refractivity contribution is 6.03. The van der Waals surface area contributed by atoms with Crippen LogP contribution in [0.25, 0.3) is 22.2 Å². The van der Waals surface area contributed by atoms with Crippen molar-refractivity contribution in [3.05, 3.63) is 72.3 Å². The van der Waals surface area contributed by atoms with Crippen molar-refractivity contribution < 1.29 is 18.0 Å². The fraction of sp³-hybridized carbons (Fsp3) is 0.227. The normalized spacial score (nSPS) is 12.1. The Kier molecular flexibility index (Phi) is 5.49. The number of halogens is 3. The summed E-state index contributed by atoms with van der Waals surface area (Å²) in [6.07, 6.45) is 1.38. The van der Waals surface area contributed by atoms with Crippen LogP contribution in [0.1, 0.15) is 30.1 Å². The lowest BCUT2D eigenvalue weighted by molar-refractivity contribution is -0.0941. The third-order valence-corrected chi connectivity index (χ3v) is 4.42. The van der Waals surface area contributed by atoms with Gasteiger partial charge in [-0.3, -0.25) is 9.36 Å². The molecule has 0 aliphatic heterocycles. The summed E-state index contributed by atoms with van der Waals surface area (Å²) in [4.78, 5) is 12.3. The summed E-state index contributed by atoms with van der Waals surface area (Å²) < 4.78 is 40.8. The molecule has 0 amide bonds. The Bertz CT molecular complexity index is 968. The molecule has 1 heterocycles. The summed E-state index contributed by atoms with van der Waals surface area (Å²) in [5, 5.41) is 0.662. The van der Waals surface area contributed by atoms with Crippen molar-refractivity contribution in [3.8, 4) is 11.3 Å². The average molecular weight is 371 g/mol. The van der Waals surface area contributed by atoms with Crippen LogP contribution in [0.15, 0.2) is 66.7 Å². The van der Waals surface area contributed by atoms with Gasteiger partial charge < -0.3 is 0 Å². The van der Waals surface area contributed by atoms with E-state index in [-0.39, 0.29) is 5.52 Å². The molecule has 0 radical (unpaired) electrons. The number of rotatable bonds is 5. The molecule has 27 heavy (non-hydrogen) atoms. The predicted molar refractivity (Wildman–Crippen MR) is 102 cm³/mol. The molecular formula is C22H20F3NO. The van der Waals surface area contributed by atoms with Crippen LogP contribution in [0.4, 0.5) is 13.2 Å². The number of unbranched alkanes of at least 4 members (excludes halogenated alkanes) is 1. The van der Waals surface area contributed by atoms with Gasteiger partial charge in [-0.1, -0.05) is 74.0 Å². The summed E-state index contributed by atoms with van der Waals surface area (Å²) in [7, 11) is 0. The fourth-order valence-electron chi connectivity index (χ4n) is 3.24. The van der Waals surface area contributed by atoms with Gasteiger partial charge in [0.1, 0.15) is 0 Å². The van der Waals surface area contributed by atoms with Crippen molar-refractivity contribution in [3.63, 3.8) is 0 Å².